The van der Waals surface area contributed by atoms with Crippen LogP contribution in [0.5, 0.6) is 0 Å². The summed E-state index contributed by atoms with van der Waals surface area (Å²) < 4.78 is 0.486. The maximum atomic E-state index is 5.81. The molecule has 0 aromatic rings. The molecule has 0 spiro atoms. The fraction of sp³-hybridized carbons (Fsp3) is 0.889. The lowest BCUT2D eigenvalue weighted by atomic mass is 10.3. The normalized spacial score (nSPS) is 27.2. The number of rotatable bonds is 4. The number of thioether (sulfide) groups is 1. The van der Waals surface area contributed by atoms with Crippen molar-refractivity contribution >= 4 is 17.6 Å². The maximum Gasteiger partial charge on any atom is 0.0969 e. The SMILES string of the molecule is CSC1(CN=C(N)C2CC2)CC1. The Labute approximate surface area is 78.0 Å². The molecule has 0 aromatic heterocycles. The molecule has 3 heteroatoms. The molecule has 2 fully saturated rings. The zero-order chi connectivity index (χ0) is 8.60. The first kappa shape index (κ1) is 8.42. The molecule has 0 aromatic carbocycles. The molecule has 0 amide bonds. The Balaban J connectivity index is 1.83. The standard InChI is InChI=1S/C9H16N2S/c1-12-9(4-5-9)6-11-8(10)7-2-3-7/h7H,2-6H2,1H3,(H2,10,11). The first-order valence-corrected chi connectivity index (χ1v) is 5.83. The van der Waals surface area contributed by atoms with Crippen LogP contribution in [0.1, 0.15) is 25.7 Å². The molecule has 12 heavy (non-hydrogen) atoms. The summed E-state index contributed by atoms with van der Waals surface area (Å²) >= 11 is 1.95. The van der Waals surface area contributed by atoms with E-state index in [1.54, 1.807) is 0 Å². The fourth-order valence-electron chi connectivity index (χ4n) is 1.31. The Morgan fingerprint density at radius 2 is 2.25 bits per heavy atom. The van der Waals surface area contributed by atoms with Gasteiger partial charge in [-0.25, -0.2) is 0 Å². The lowest BCUT2D eigenvalue weighted by molar-refractivity contribution is 0.891. The zero-order valence-corrected chi connectivity index (χ0v) is 8.36. The first-order valence-electron chi connectivity index (χ1n) is 4.61. The van der Waals surface area contributed by atoms with Gasteiger partial charge in [-0.1, -0.05) is 0 Å². The molecule has 0 heterocycles. The Bertz CT molecular complexity index is 205. The van der Waals surface area contributed by atoms with Crippen LogP contribution in [0.3, 0.4) is 0 Å². The van der Waals surface area contributed by atoms with E-state index >= 15 is 0 Å². The number of nitrogens with zero attached hydrogens (tertiary/aromatic N) is 1. The highest BCUT2D eigenvalue weighted by atomic mass is 32.2. The van der Waals surface area contributed by atoms with Crippen molar-refractivity contribution < 1.29 is 0 Å². The van der Waals surface area contributed by atoms with Gasteiger partial charge >= 0.3 is 0 Å². The van der Waals surface area contributed by atoms with Gasteiger partial charge in [0.25, 0.3) is 0 Å². The summed E-state index contributed by atoms with van der Waals surface area (Å²) in [5, 5.41) is 0. The predicted molar refractivity (Wildman–Crippen MR) is 54.7 cm³/mol. The summed E-state index contributed by atoms with van der Waals surface area (Å²) in [5.74, 6) is 1.55. The van der Waals surface area contributed by atoms with E-state index in [9.17, 15) is 0 Å². The van der Waals surface area contributed by atoms with E-state index in [-0.39, 0.29) is 0 Å². The molecule has 0 radical (unpaired) electrons. The van der Waals surface area contributed by atoms with Crippen LogP contribution in [-0.2, 0) is 0 Å². The van der Waals surface area contributed by atoms with Crippen LogP contribution in [-0.4, -0.2) is 23.4 Å². The van der Waals surface area contributed by atoms with Gasteiger partial charge in [0, 0.05) is 10.7 Å². The second-order valence-electron chi connectivity index (χ2n) is 3.90. The second-order valence-corrected chi connectivity index (χ2v) is 5.18. The van der Waals surface area contributed by atoms with Gasteiger partial charge in [-0.3, -0.25) is 4.99 Å². The Kier molecular flexibility index (Phi) is 2.07. The van der Waals surface area contributed by atoms with Crippen molar-refractivity contribution in [2.24, 2.45) is 16.6 Å². The van der Waals surface area contributed by atoms with E-state index in [0.717, 1.165) is 12.4 Å². The molecule has 0 aliphatic heterocycles. The Morgan fingerprint density at radius 1 is 1.58 bits per heavy atom. The van der Waals surface area contributed by atoms with Crippen LogP contribution in [0.4, 0.5) is 0 Å². The first-order chi connectivity index (χ1) is 5.76. The smallest absolute Gasteiger partial charge is 0.0969 e. The number of nitrogens with two attached hydrogens (primary N) is 1. The molecule has 0 bridgehead atoms. The highest BCUT2D eigenvalue weighted by molar-refractivity contribution is 8.00. The van der Waals surface area contributed by atoms with E-state index in [2.05, 4.69) is 11.2 Å². The molecular formula is C9H16N2S. The third-order valence-corrected chi connectivity index (χ3v) is 4.19. The lowest BCUT2D eigenvalue weighted by Crippen LogP contribution is -2.18. The number of amidine groups is 1. The summed E-state index contributed by atoms with van der Waals surface area (Å²) in [4.78, 5) is 4.46. The fourth-order valence-corrected chi connectivity index (χ4v) is 2.01. The van der Waals surface area contributed by atoms with Crippen molar-refractivity contribution in [1.82, 2.24) is 0 Å². The molecule has 2 saturated carbocycles. The highest BCUT2D eigenvalue weighted by Crippen LogP contribution is 2.47. The highest BCUT2D eigenvalue weighted by Gasteiger charge is 2.41. The van der Waals surface area contributed by atoms with Crippen molar-refractivity contribution in [3.63, 3.8) is 0 Å². The second kappa shape index (κ2) is 2.95. The quantitative estimate of drug-likeness (QED) is 0.533. The zero-order valence-electron chi connectivity index (χ0n) is 7.55. The Hall–Kier alpha value is -0.180. The number of hydrogen-bond acceptors (Lipinski definition) is 2. The molecule has 68 valence electrons. The van der Waals surface area contributed by atoms with Crippen molar-refractivity contribution in [3.05, 3.63) is 0 Å². The average molecular weight is 184 g/mol. The molecule has 0 unspecified atom stereocenters. The van der Waals surface area contributed by atoms with Crippen LogP contribution in [0, 0.1) is 5.92 Å². The van der Waals surface area contributed by atoms with Crippen molar-refractivity contribution in [1.29, 1.82) is 0 Å². The summed E-state index contributed by atoms with van der Waals surface area (Å²) in [6, 6.07) is 0. The average Bonchev–Trinajstić information content (AvgIpc) is 2.94. The van der Waals surface area contributed by atoms with Gasteiger partial charge < -0.3 is 5.73 Å². The summed E-state index contributed by atoms with van der Waals surface area (Å²) in [7, 11) is 0. The van der Waals surface area contributed by atoms with Gasteiger partial charge in [0.15, 0.2) is 0 Å². The number of aliphatic imine (C=N–C) groups is 1. The van der Waals surface area contributed by atoms with Gasteiger partial charge in [-0.05, 0) is 31.9 Å². The van der Waals surface area contributed by atoms with E-state index in [0.29, 0.717) is 10.7 Å². The van der Waals surface area contributed by atoms with Crippen LogP contribution in [0.2, 0.25) is 0 Å². The summed E-state index contributed by atoms with van der Waals surface area (Å²) in [6.45, 7) is 0.955. The molecule has 2 aliphatic carbocycles. The molecule has 2 aliphatic rings. The minimum absolute atomic E-state index is 0.486. The van der Waals surface area contributed by atoms with Gasteiger partial charge in [-0.15, -0.1) is 0 Å². The lowest BCUT2D eigenvalue weighted by Gasteiger charge is -2.07. The minimum atomic E-state index is 0.486. The molecular weight excluding hydrogens is 168 g/mol. The largest absolute Gasteiger partial charge is 0.387 e. The molecule has 2 N–H and O–H groups in total. The van der Waals surface area contributed by atoms with E-state index in [4.69, 9.17) is 5.73 Å². The van der Waals surface area contributed by atoms with Crippen LogP contribution >= 0.6 is 11.8 Å². The monoisotopic (exact) mass is 184 g/mol. The van der Waals surface area contributed by atoms with Gasteiger partial charge in [0.2, 0.25) is 0 Å². The third kappa shape index (κ3) is 1.76. The topological polar surface area (TPSA) is 38.4 Å². The summed E-state index contributed by atoms with van der Waals surface area (Å²) in [5.41, 5.74) is 5.81. The van der Waals surface area contributed by atoms with E-state index in [1.807, 2.05) is 11.8 Å². The van der Waals surface area contributed by atoms with Crippen LogP contribution in [0.25, 0.3) is 0 Å². The Morgan fingerprint density at radius 3 is 2.67 bits per heavy atom. The van der Waals surface area contributed by atoms with E-state index in [1.165, 1.54) is 25.7 Å². The van der Waals surface area contributed by atoms with Crippen LogP contribution < -0.4 is 5.73 Å². The van der Waals surface area contributed by atoms with Crippen LogP contribution in [0.15, 0.2) is 4.99 Å². The van der Waals surface area contributed by atoms with Crippen molar-refractivity contribution in [2.45, 2.75) is 30.4 Å². The van der Waals surface area contributed by atoms with Gasteiger partial charge in [0.05, 0.1) is 12.4 Å². The number of hydrogen-bond donors (Lipinski definition) is 1. The van der Waals surface area contributed by atoms with Crippen molar-refractivity contribution in [2.75, 3.05) is 12.8 Å². The molecule has 2 nitrogen and oxygen atoms in total. The van der Waals surface area contributed by atoms with Gasteiger partial charge in [0.1, 0.15) is 0 Å². The third-order valence-electron chi connectivity index (χ3n) is 2.79. The van der Waals surface area contributed by atoms with Gasteiger partial charge in [-0.2, -0.15) is 11.8 Å². The maximum absolute atomic E-state index is 5.81. The molecule has 0 atom stereocenters. The predicted octanol–water partition coefficient (Wildman–Crippen LogP) is 1.65. The van der Waals surface area contributed by atoms with E-state index < -0.39 is 0 Å². The molecule has 2 rings (SSSR count). The minimum Gasteiger partial charge on any atom is -0.387 e. The molecule has 0 saturated heterocycles. The van der Waals surface area contributed by atoms with Crippen molar-refractivity contribution in [3.8, 4) is 0 Å². The summed E-state index contributed by atoms with van der Waals surface area (Å²) in [6.07, 6.45) is 7.37.